The molecule has 0 fully saturated rings. The van der Waals surface area contributed by atoms with Crippen molar-refractivity contribution in [1.82, 2.24) is 9.97 Å². The van der Waals surface area contributed by atoms with Gasteiger partial charge in [-0.2, -0.15) is 4.98 Å². The summed E-state index contributed by atoms with van der Waals surface area (Å²) in [5.74, 6) is 4.14. The zero-order chi connectivity index (χ0) is 29.1. The van der Waals surface area contributed by atoms with Gasteiger partial charge in [-0.3, -0.25) is 4.79 Å². The van der Waals surface area contributed by atoms with Gasteiger partial charge < -0.3 is 30.9 Å². The lowest BCUT2D eigenvalue weighted by atomic mass is 9.79. The van der Waals surface area contributed by atoms with Gasteiger partial charge in [0.1, 0.15) is 5.82 Å². The van der Waals surface area contributed by atoms with E-state index in [0.717, 1.165) is 5.56 Å². The molecular weight excluding hydrogens is 522 g/mol. The fourth-order valence-corrected chi connectivity index (χ4v) is 5.04. The van der Waals surface area contributed by atoms with E-state index < -0.39 is 23.6 Å². The molecule has 3 aromatic carbocycles. The predicted molar refractivity (Wildman–Crippen MR) is 154 cm³/mol. The third-order valence-electron chi connectivity index (χ3n) is 6.99. The SMILES string of the molecule is COC1N(c2ccccc2)c2ccc(C#Cc3ccccc3)c(Cc3cnc(N)nc3N)c2C(=O)C1(OC)C(=O)O. The van der Waals surface area contributed by atoms with Crippen molar-refractivity contribution < 1.29 is 24.2 Å². The lowest BCUT2D eigenvalue weighted by Gasteiger charge is -2.46. The summed E-state index contributed by atoms with van der Waals surface area (Å²) in [5, 5.41) is 10.5. The average Bonchev–Trinajstić information content (AvgIpc) is 2.98. The van der Waals surface area contributed by atoms with Crippen LogP contribution in [0.25, 0.3) is 0 Å². The topological polar surface area (TPSA) is 154 Å². The minimum Gasteiger partial charge on any atom is -0.479 e. The number of Topliss-reactive ketones (excluding diaryl/α,β-unsaturated/α-hetero) is 1. The quantitative estimate of drug-likeness (QED) is 0.241. The zero-order valence-electron chi connectivity index (χ0n) is 22.4. The summed E-state index contributed by atoms with van der Waals surface area (Å²) in [4.78, 5) is 37.1. The lowest BCUT2D eigenvalue weighted by molar-refractivity contribution is -0.170. The van der Waals surface area contributed by atoms with Crippen molar-refractivity contribution in [2.75, 3.05) is 30.6 Å². The summed E-state index contributed by atoms with van der Waals surface area (Å²) >= 11 is 0. The molecule has 10 heteroatoms. The number of fused-ring (bicyclic) bond motifs is 1. The predicted octanol–water partition coefficient (Wildman–Crippen LogP) is 3.41. The highest BCUT2D eigenvalue weighted by atomic mass is 16.6. The number of carboxylic acids is 1. The number of benzene rings is 3. The van der Waals surface area contributed by atoms with Gasteiger partial charge in [0.2, 0.25) is 11.7 Å². The van der Waals surface area contributed by atoms with Gasteiger partial charge in [-0.15, -0.1) is 0 Å². The molecule has 41 heavy (non-hydrogen) atoms. The Morgan fingerprint density at radius 1 is 1.02 bits per heavy atom. The fourth-order valence-electron chi connectivity index (χ4n) is 5.04. The van der Waals surface area contributed by atoms with Crippen LogP contribution in [-0.4, -0.2) is 52.9 Å². The number of ketones is 1. The van der Waals surface area contributed by atoms with E-state index in [9.17, 15) is 14.7 Å². The van der Waals surface area contributed by atoms with Crippen LogP contribution < -0.4 is 16.4 Å². The van der Waals surface area contributed by atoms with Crippen molar-refractivity contribution in [3.05, 3.63) is 107 Å². The minimum absolute atomic E-state index is 0.00368. The number of anilines is 4. The third kappa shape index (κ3) is 4.74. The molecule has 0 spiro atoms. The Kier molecular flexibility index (Phi) is 7.40. The molecule has 0 bridgehead atoms. The molecule has 1 aliphatic heterocycles. The van der Waals surface area contributed by atoms with Crippen LogP contribution >= 0.6 is 0 Å². The molecule has 5 N–H and O–H groups in total. The van der Waals surface area contributed by atoms with Gasteiger partial charge in [0.15, 0.2) is 6.23 Å². The van der Waals surface area contributed by atoms with Crippen LogP contribution in [0.3, 0.4) is 0 Å². The number of nitrogen functional groups attached to an aromatic ring is 2. The number of aromatic nitrogens is 2. The number of nitrogens with zero attached hydrogens (tertiary/aromatic N) is 3. The Morgan fingerprint density at radius 3 is 2.32 bits per heavy atom. The monoisotopic (exact) mass is 549 g/mol. The van der Waals surface area contributed by atoms with Gasteiger partial charge in [-0.1, -0.05) is 48.2 Å². The lowest BCUT2D eigenvalue weighted by Crippen LogP contribution is -2.66. The van der Waals surface area contributed by atoms with Gasteiger partial charge in [-0.25, -0.2) is 9.78 Å². The van der Waals surface area contributed by atoms with Crippen molar-refractivity contribution in [1.29, 1.82) is 0 Å². The Labute approximate surface area is 236 Å². The molecule has 5 rings (SSSR count). The molecule has 206 valence electrons. The summed E-state index contributed by atoms with van der Waals surface area (Å²) in [7, 11) is 2.51. The van der Waals surface area contributed by atoms with Crippen LogP contribution in [0.15, 0.2) is 79.0 Å². The number of hydrogen-bond acceptors (Lipinski definition) is 9. The largest absolute Gasteiger partial charge is 0.479 e. The molecule has 4 aromatic rings. The Balaban J connectivity index is 1.83. The van der Waals surface area contributed by atoms with E-state index in [-0.39, 0.29) is 23.8 Å². The van der Waals surface area contributed by atoms with Crippen molar-refractivity contribution >= 4 is 34.9 Å². The van der Waals surface area contributed by atoms with Crippen LogP contribution in [0.4, 0.5) is 23.1 Å². The van der Waals surface area contributed by atoms with E-state index in [4.69, 9.17) is 20.9 Å². The number of hydrogen-bond donors (Lipinski definition) is 3. The molecule has 2 unspecified atom stereocenters. The molecule has 0 amide bonds. The van der Waals surface area contributed by atoms with Crippen LogP contribution in [-0.2, 0) is 20.7 Å². The second-order valence-electron chi connectivity index (χ2n) is 9.28. The number of para-hydroxylation sites is 1. The van der Waals surface area contributed by atoms with Crippen molar-refractivity contribution in [3.8, 4) is 11.8 Å². The summed E-state index contributed by atoms with van der Waals surface area (Å²) in [6.07, 6.45) is 0.220. The summed E-state index contributed by atoms with van der Waals surface area (Å²) in [6, 6.07) is 21.9. The molecule has 0 aliphatic carbocycles. The summed E-state index contributed by atoms with van der Waals surface area (Å²) < 4.78 is 11.3. The average molecular weight is 550 g/mol. The number of carbonyl (C=O) groups excluding carboxylic acids is 1. The van der Waals surface area contributed by atoms with Crippen molar-refractivity contribution in [2.45, 2.75) is 18.2 Å². The van der Waals surface area contributed by atoms with Gasteiger partial charge >= 0.3 is 5.97 Å². The van der Waals surface area contributed by atoms with Crippen LogP contribution in [0.2, 0.25) is 0 Å². The summed E-state index contributed by atoms with van der Waals surface area (Å²) in [6.45, 7) is 0. The van der Waals surface area contributed by atoms with Gasteiger partial charge in [0.05, 0.1) is 11.3 Å². The highest BCUT2D eigenvalue weighted by Crippen LogP contribution is 2.45. The van der Waals surface area contributed by atoms with Gasteiger partial charge in [-0.05, 0) is 42.0 Å². The van der Waals surface area contributed by atoms with E-state index >= 15 is 0 Å². The van der Waals surface area contributed by atoms with Crippen LogP contribution in [0.1, 0.15) is 32.6 Å². The maximum Gasteiger partial charge on any atom is 0.349 e. The molecule has 0 radical (unpaired) electrons. The van der Waals surface area contributed by atoms with Gasteiger partial charge in [0.25, 0.3) is 5.60 Å². The van der Waals surface area contributed by atoms with E-state index in [1.807, 2.05) is 36.4 Å². The second-order valence-corrected chi connectivity index (χ2v) is 9.28. The Bertz CT molecular complexity index is 1680. The molecule has 2 heterocycles. The second kappa shape index (κ2) is 11.1. The van der Waals surface area contributed by atoms with E-state index in [1.54, 1.807) is 41.3 Å². The number of ether oxygens (including phenoxy) is 2. The first kappa shape index (κ1) is 27.3. The Hall–Kier alpha value is -5.24. The number of carboxylic acid groups (broad SMARTS) is 1. The number of nitrogens with two attached hydrogens (primary N) is 2. The fraction of sp³-hybridized carbons (Fsp3) is 0.161. The van der Waals surface area contributed by atoms with E-state index in [0.29, 0.717) is 28.1 Å². The standard InChI is InChI=1S/C31H27N5O5/c1-40-28-31(41-2,29(38)39)26(37)25-23(17-21-18-34-30(33)35-27(21)32)20(14-13-19-9-5-3-6-10-19)15-16-24(25)36(28)22-11-7-4-8-12-22/h3-12,15-16,18,28H,17H2,1-2H3,(H,38,39)(H4,32,33,34,35). The number of aliphatic carboxylic acids is 1. The highest BCUT2D eigenvalue weighted by Gasteiger charge is 2.61. The Morgan fingerprint density at radius 2 is 1.71 bits per heavy atom. The maximum atomic E-state index is 14.4. The normalized spacial score (nSPS) is 17.9. The van der Waals surface area contributed by atoms with Crippen molar-refractivity contribution in [3.63, 3.8) is 0 Å². The molecule has 0 saturated carbocycles. The molecule has 2 atom stereocenters. The molecule has 1 aromatic heterocycles. The van der Waals surface area contributed by atoms with E-state index in [2.05, 4.69) is 21.8 Å². The van der Waals surface area contributed by atoms with E-state index in [1.165, 1.54) is 20.4 Å². The first-order chi connectivity index (χ1) is 19.8. The van der Waals surface area contributed by atoms with Crippen molar-refractivity contribution in [2.24, 2.45) is 0 Å². The molecule has 0 saturated heterocycles. The minimum atomic E-state index is -2.40. The first-order valence-corrected chi connectivity index (χ1v) is 12.6. The number of methoxy groups -OCH3 is 2. The summed E-state index contributed by atoms with van der Waals surface area (Å²) in [5.41, 5.74) is 12.8. The third-order valence-corrected chi connectivity index (χ3v) is 6.99. The number of rotatable bonds is 6. The molecule has 1 aliphatic rings. The van der Waals surface area contributed by atoms with Crippen LogP contribution in [0, 0.1) is 11.8 Å². The zero-order valence-corrected chi connectivity index (χ0v) is 22.4. The maximum absolute atomic E-state index is 14.4. The molecule has 10 nitrogen and oxygen atoms in total. The first-order valence-electron chi connectivity index (χ1n) is 12.6. The smallest absolute Gasteiger partial charge is 0.349 e. The van der Waals surface area contributed by atoms with Crippen LogP contribution in [0.5, 0.6) is 0 Å². The highest BCUT2D eigenvalue weighted by molar-refractivity contribution is 6.21. The molecular formula is C31H27N5O5. The van der Waals surface area contributed by atoms with Gasteiger partial charge in [0, 0.05) is 49.2 Å². The number of carbonyl (C=O) groups is 2.